The molecule has 1 N–H and O–H groups in total. The van der Waals surface area contributed by atoms with E-state index in [1.807, 2.05) is 59.0 Å². The molecule has 0 saturated heterocycles. The van der Waals surface area contributed by atoms with E-state index in [0.717, 1.165) is 32.7 Å². The molecule has 0 atom stereocenters. The Morgan fingerprint density at radius 3 is 2.73 bits per heavy atom. The largest absolute Gasteiger partial charge is 0.354 e. The van der Waals surface area contributed by atoms with Gasteiger partial charge in [0.1, 0.15) is 5.65 Å². The van der Waals surface area contributed by atoms with Gasteiger partial charge >= 0.3 is 0 Å². The van der Waals surface area contributed by atoms with Gasteiger partial charge in [0, 0.05) is 11.9 Å². The number of thioether (sulfide) groups is 1. The van der Waals surface area contributed by atoms with E-state index in [-0.39, 0.29) is 11.7 Å². The fourth-order valence-electron chi connectivity index (χ4n) is 2.85. The predicted molar refractivity (Wildman–Crippen MR) is 102 cm³/mol. The first-order valence-corrected chi connectivity index (χ1v) is 9.19. The van der Waals surface area contributed by atoms with Crippen molar-refractivity contribution in [2.24, 2.45) is 0 Å². The van der Waals surface area contributed by atoms with Crippen molar-refractivity contribution in [3.8, 4) is 6.07 Å². The zero-order chi connectivity index (χ0) is 17.9. The van der Waals surface area contributed by atoms with Gasteiger partial charge in [-0.25, -0.2) is 9.97 Å². The Morgan fingerprint density at radius 1 is 1.12 bits per heavy atom. The second-order valence-electron chi connectivity index (χ2n) is 5.72. The van der Waals surface area contributed by atoms with Gasteiger partial charge in [-0.15, -0.1) is 0 Å². The molecule has 2 heterocycles. The highest BCUT2D eigenvalue weighted by Gasteiger charge is 2.15. The van der Waals surface area contributed by atoms with Crippen molar-refractivity contribution < 1.29 is 4.79 Å². The monoisotopic (exact) mass is 361 g/mol. The van der Waals surface area contributed by atoms with Gasteiger partial charge in [-0.1, -0.05) is 36.0 Å². The third kappa shape index (κ3) is 2.95. The van der Waals surface area contributed by atoms with Gasteiger partial charge in [0.05, 0.1) is 34.8 Å². The maximum absolute atomic E-state index is 12.0. The highest BCUT2D eigenvalue weighted by Crippen LogP contribution is 2.28. The van der Waals surface area contributed by atoms with Crippen molar-refractivity contribution in [2.75, 3.05) is 12.3 Å². The predicted octanol–water partition coefficient (Wildman–Crippen LogP) is 3.16. The van der Waals surface area contributed by atoms with E-state index in [4.69, 9.17) is 15.2 Å². The first-order chi connectivity index (χ1) is 12.8. The molecule has 7 heteroatoms. The van der Waals surface area contributed by atoms with Gasteiger partial charge in [0.2, 0.25) is 5.91 Å². The van der Waals surface area contributed by atoms with Gasteiger partial charge in [-0.05, 0) is 24.3 Å². The molecule has 0 radical (unpaired) electrons. The molecule has 0 spiro atoms. The quantitative estimate of drug-likeness (QED) is 0.335. The number of carbonyl (C=O) groups excluding carboxylic acids is 1. The van der Waals surface area contributed by atoms with Gasteiger partial charge in [0.25, 0.3) is 0 Å². The first kappa shape index (κ1) is 16.4. The van der Waals surface area contributed by atoms with Crippen molar-refractivity contribution in [1.29, 1.82) is 5.26 Å². The molecule has 1 amide bonds. The number of imidazole rings is 1. The van der Waals surface area contributed by atoms with Crippen LogP contribution in [0.15, 0.2) is 53.7 Å². The summed E-state index contributed by atoms with van der Waals surface area (Å²) in [6.07, 6.45) is 0.307. The minimum atomic E-state index is -0.113. The number of carbonyl (C=O) groups is 1. The Morgan fingerprint density at radius 2 is 1.88 bits per heavy atom. The van der Waals surface area contributed by atoms with E-state index >= 15 is 0 Å². The number of fused-ring (bicyclic) bond motifs is 5. The third-order valence-electron chi connectivity index (χ3n) is 4.00. The van der Waals surface area contributed by atoms with Gasteiger partial charge in [-0.3, -0.25) is 9.20 Å². The van der Waals surface area contributed by atoms with Crippen LogP contribution in [0.5, 0.6) is 0 Å². The summed E-state index contributed by atoms with van der Waals surface area (Å²) in [4.78, 5) is 21.5. The van der Waals surface area contributed by atoms with E-state index < -0.39 is 0 Å². The van der Waals surface area contributed by atoms with Crippen LogP contribution in [0.2, 0.25) is 0 Å². The third-order valence-corrected chi connectivity index (χ3v) is 4.94. The number of amides is 1. The highest BCUT2D eigenvalue weighted by molar-refractivity contribution is 7.99. The smallest absolute Gasteiger partial charge is 0.230 e. The number of hydrogen-bond donors (Lipinski definition) is 1. The summed E-state index contributed by atoms with van der Waals surface area (Å²) >= 11 is 1.37. The molecule has 2 aromatic carbocycles. The lowest BCUT2D eigenvalue weighted by molar-refractivity contribution is -0.118. The standard InChI is InChI=1S/C19H15N5OS/c20-10-5-11-21-17(25)12-26-19-23-14-7-2-1-6-13(14)18-22-15-8-3-4-9-16(15)24(18)19/h1-4,6-9H,5,11-12H2,(H,21,25). The molecule has 0 unspecified atom stereocenters. The zero-order valence-corrected chi connectivity index (χ0v) is 14.7. The minimum absolute atomic E-state index is 0.113. The van der Waals surface area contributed by atoms with Crippen LogP contribution >= 0.6 is 11.8 Å². The first-order valence-electron chi connectivity index (χ1n) is 8.20. The Kier molecular flexibility index (Phi) is 4.42. The summed E-state index contributed by atoms with van der Waals surface area (Å²) in [7, 11) is 0. The van der Waals surface area contributed by atoms with Crippen molar-refractivity contribution >= 4 is 45.3 Å². The molecule has 6 nitrogen and oxygen atoms in total. The summed E-state index contributed by atoms with van der Waals surface area (Å²) in [5, 5.41) is 13.0. The van der Waals surface area contributed by atoms with Gasteiger partial charge < -0.3 is 5.32 Å². The number of para-hydroxylation sites is 3. The van der Waals surface area contributed by atoms with Crippen LogP contribution in [0.4, 0.5) is 0 Å². The average molecular weight is 361 g/mol. The number of benzene rings is 2. The molecule has 0 fully saturated rings. The van der Waals surface area contributed by atoms with Crippen LogP contribution < -0.4 is 5.32 Å². The summed E-state index contributed by atoms with van der Waals surface area (Å²) in [6, 6.07) is 17.8. The van der Waals surface area contributed by atoms with Crippen LogP contribution in [-0.4, -0.2) is 32.6 Å². The number of nitriles is 1. The number of hydrogen-bond acceptors (Lipinski definition) is 5. The fraction of sp³-hybridized carbons (Fsp3) is 0.158. The topological polar surface area (TPSA) is 83.1 Å². The molecular formula is C19H15N5OS. The Hall–Kier alpha value is -3.11. The molecule has 26 heavy (non-hydrogen) atoms. The van der Waals surface area contributed by atoms with Crippen LogP contribution in [0.25, 0.3) is 27.6 Å². The van der Waals surface area contributed by atoms with Crippen molar-refractivity contribution in [3.05, 3.63) is 48.5 Å². The molecule has 0 aliphatic carbocycles. The normalized spacial score (nSPS) is 11.0. The number of rotatable bonds is 5. The van der Waals surface area contributed by atoms with Crippen molar-refractivity contribution in [2.45, 2.75) is 11.6 Å². The number of nitrogens with one attached hydrogen (secondary N) is 1. The molecule has 128 valence electrons. The van der Waals surface area contributed by atoms with E-state index in [1.54, 1.807) is 0 Å². The Balaban J connectivity index is 1.77. The maximum Gasteiger partial charge on any atom is 0.230 e. The van der Waals surface area contributed by atoms with Gasteiger partial charge in [0.15, 0.2) is 5.16 Å². The molecule has 4 aromatic rings. The molecule has 0 aliphatic rings. The van der Waals surface area contributed by atoms with E-state index in [9.17, 15) is 4.79 Å². The summed E-state index contributed by atoms with van der Waals surface area (Å²) in [5.41, 5.74) is 3.55. The summed E-state index contributed by atoms with van der Waals surface area (Å²) in [5.74, 6) is 0.121. The molecule has 0 aliphatic heterocycles. The highest BCUT2D eigenvalue weighted by atomic mass is 32.2. The minimum Gasteiger partial charge on any atom is -0.354 e. The van der Waals surface area contributed by atoms with Crippen molar-refractivity contribution in [1.82, 2.24) is 19.7 Å². The average Bonchev–Trinajstić information content (AvgIpc) is 3.06. The van der Waals surface area contributed by atoms with E-state index in [0.29, 0.717) is 13.0 Å². The van der Waals surface area contributed by atoms with Crippen LogP contribution in [0.3, 0.4) is 0 Å². The molecule has 4 rings (SSSR count). The molecule has 0 bridgehead atoms. The van der Waals surface area contributed by atoms with Crippen LogP contribution in [-0.2, 0) is 4.79 Å². The van der Waals surface area contributed by atoms with E-state index in [1.165, 1.54) is 11.8 Å². The molecule has 2 aromatic heterocycles. The lowest BCUT2D eigenvalue weighted by atomic mass is 10.2. The Labute approximate surface area is 153 Å². The Bertz CT molecular complexity index is 1160. The van der Waals surface area contributed by atoms with Gasteiger partial charge in [-0.2, -0.15) is 5.26 Å². The van der Waals surface area contributed by atoms with Crippen molar-refractivity contribution in [3.63, 3.8) is 0 Å². The second kappa shape index (κ2) is 7.02. The molecule has 0 saturated carbocycles. The zero-order valence-electron chi connectivity index (χ0n) is 13.8. The summed E-state index contributed by atoms with van der Waals surface area (Å²) < 4.78 is 2.00. The lowest BCUT2D eigenvalue weighted by Crippen LogP contribution is -2.26. The fourth-order valence-corrected chi connectivity index (χ4v) is 3.69. The number of nitrogens with zero attached hydrogens (tertiary/aromatic N) is 4. The van der Waals surface area contributed by atoms with E-state index in [2.05, 4.69) is 5.32 Å². The van der Waals surface area contributed by atoms with Crippen LogP contribution in [0.1, 0.15) is 6.42 Å². The maximum atomic E-state index is 12.0. The summed E-state index contributed by atoms with van der Waals surface area (Å²) in [6.45, 7) is 0.366. The SMILES string of the molecule is N#CCCNC(=O)CSc1nc2ccccc2c2nc3ccccc3n12. The van der Waals surface area contributed by atoms with Crippen LogP contribution in [0, 0.1) is 11.3 Å². The molecular weight excluding hydrogens is 346 g/mol. The second-order valence-corrected chi connectivity index (χ2v) is 6.66. The number of aromatic nitrogens is 3. The lowest BCUT2D eigenvalue weighted by Gasteiger charge is -2.08.